The molecule has 3 heterocycles. The van der Waals surface area contributed by atoms with Gasteiger partial charge in [0.1, 0.15) is 5.01 Å². The zero-order valence-corrected chi connectivity index (χ0v) is 13.8. The predicted molar refractivity (Wildman–Crippen MR) is 86.5 cm³/mol. The van der Waals surface area contributed by atoms with Crippen molar-refractivity contribution in [2.45, 2.75) is 56.7 Å². The number of nitrogens with one attached hydrogen (secondary N) is 1. The van der Waals surface area contributed by atoms with Crippen LogP contribution in [0.25, 0.3) is 0 Å². The Morgan fingerprint density at radius 1 is 1.50 bits per heavy atom. The smallest absolute Gasteiger partial charge is 0.109 e. The normalized spacial score (nSPS) is 27.6. The highest BCUT2D eigenvalue weighted by Gasteiger charge is 2.39. The summed E-state index contributed by atoms with van der Waals surface area (Å²) in [6, 6.07) is 0.994. The third-order valence-electron chi connectivity index (χ3n) is 4.49. The maximum atomic E-state index is 6.18. The molecule has 3 rings (SSSR count). The van der Waals surface area contributed by atoms with Crippen molar-refractivity contribution >= 4 is 23.1 Å². The van der Waals surface area contributed by atoms with E-state index >= 15 is 0 Å². The minimum atomic E-state index is 0.169. The van der Waals surface area contributed by atoms with Crippen LogP contribution >= 0.6 is 23.1 Å². The first-order chi connectivity index (χ1) is 9.81. The highest BCUT2D eigenvalue weighted by atomic mass is 32.2. The number of thioether (sulfide) groups is 1. The van der Waals surface area contributed by atoms with Crippen LogP contribution < -0.4 is 5.32 Å². The number of thiazole rings is 1. The maximum absolute atomic E-state index is 6.18. The molecule has 20 heavy (non-hydrogen) atoms. The van der Waals surface area contributed by atoms with Gasteiger partial charge in [-0.1, -0.05) is 6.92 Å². The first-order valence-corrected chi connectivity index (χ1v) is 9.72. The van der Waals surface area contributed by atoms with E-state index in [4.69, 9.17) is 4.74 Å². The first kappa shape index (κ1) is 14.8. The van der Waals surface area contributed by atoms with Crippen molar-refractivity contribution in [1.82, 2.24) is 10.3 Å². The summed E-state index contributed by atoms with van der Waals surface area (Å²) in [5, 5.41) is 7.14. The molecule has 0 bridgehead atoms. The van der Waals surface area contributed by atoms with Crippen LogP contribution in [0.3, 0.4) is 0 Å². The number of aromatic nitrogens is 1. The fourth-order valence-electron chi connectivity index (χ4n) is 3.32. The van der Waals surface area contributed by atoms with Gasteiger partial charge in [-0.2, -0.15) is 11.8 Å². The second-order valence-corrected chi connectivity index (χ2v) is 7.98. The molecule has 0 aliphatic carbocycles. The second-order valence-electron chi connectivity index (χ2n) is 5.83. The standard InChI is InChI=1S/C15H24N2OS2/c1-2-13(14-16-6-10-20-14)17-12-3-7-18-15(11-12)4-8-19-9-5-15/h6,10,12-13,17H,2-5,7-9,11H2,1H3. The predicted octanol–water partition coefficient (Wildman–Crippen LogP) is 3.63. The van der Waals surface area contributed by atoms with E-state index in [1.54, 1.807) is 11.3 Å². The van der Waals surface area contributed by atoms with Gasteiger partial charge in [-0.15, -0.1) is 11.3 Å². The van der Waals surface area contributed by atoms with Crippen molar-refractivity contribution in [2.24, 2.45) is 0 Å². The summed E-state index contributed by atoms with van der Waals surface area (Å²) < 4.78 is 6.18. The molecular weight excluding hydrogens is 288 g/mol. The summed E-state index contributed by atoms with van der Waals surface area (Å²) >= 11 is 3.83. The number of hydrogen-bond donors (Lipinski definition) is 1. The van der Waals surface area contributed by atoms with E-state index in [0.29, 0.717) is 12.1 Å². The summed E-state index contributed by atoms with van der Waals surface area (Å²) in [5.74, 6) is 2.52. The lowest BCUT2D eigenvalue weighted by Crippen LogP contribution is -2.49. The molecule has 2 saturated heterocycles. The van der Waals surface area contributed by atoms with Crippen LogP contribution in [0.4, 0.5) is 0 Å². The molecule has 2 aliphatic heterocycles. The minimum Gasteiger partial charge on any atom is -0.375 e. The molecule has 1 aromatic heterocycles. The van der Waals surface area contributed by atoms with Crippen LogP contribution in [0.15, 0.2) is 11.6 Å². The molecule has 3 nitrogen and oxygen atoms in total. The minimum absolute atomic E-state index is 0.169. The van der Waals surface area contributed by atoms with Crippen molar-refractivity contribution < 1.29 is 4.74 Å². The highest BCUT2D eigenvalue weighted by Crippen LogP contribution is 2.38. The molecule has 0 amide bonds. The van der Waals surface area contributed by atoms with E-state index in [-0.39, 0.29) is 5.60 Å². The van der Waals surface area contributed by atoms with E-state index in [9.17, 15) is 0 Å². The summed E-state index contributed by atoms with van der Waals surface area (Å²) in [7, 11) is 0. The Balaban J connectivity index is 1.62. The van der Waals surface area contributed by atoms with Crippen LogP contribution in [0.2, 0.25) is 0 Å². The van der Waals surface area contributed by atoms with Gasteiger partial charge >= 0.3 is 0 Å². The molecule has 1 N–H and O–H groups in total. The number of hydrogen-bond acceptors (Lipinski definition) is 5. The van der Waals surface area contributed by atoms with Crippen molar-refractivity contribution in [3.05, 3.63) is 16.6 Å². The molecule has 1 spiro atoms. The molecule has 5 heteroatoms. The molecule has 112 valence electrons. The first-order valence-electron chi connectivity index (χ1n) is 7.68. The Hall–Kier alpha value is -0.100. The molecule has 0 saturated carbocycles. The Bertz CT molecular complexity index is 399. The number of nitrogens with zero attached hydrogens (tertiary/aromatic N) is 1. The Morgan fingerprint density at radius 2 is 2.35 bits per heavy atom. The largest absolute Gasteiger partial charge is 0.375 e. The van der Waals surface area contributed by atoms with Gasteiger partial charge in [0, 0.05) is 24.2 Å². The van der Waals surface area contributed by atoms with E-state index < -0.39 is 0 Å². The molecule has 0 aromatic carbocycles. The van der Waals surface area contributed by atoms with Crippen LogP contribution in [0.5, 0.6) is 0 Å². The number of ether oxygens (including phenoxy) is 1. The summed E-state index contributed by atoms with van der Waals surface area (Å²) in [6.07, 6.45) is 7.78. The maximum Gasteiger partial charge on any atom is 0.109 e. The van der Waals surface area contributed by atoms with Gasteiger partial charge in [0.15, 0.2) is 0 Å². The monoisotopic (exact) mass is 312 g/mol. The SMILES string of the molecule is CCC(NC1CCOC2(CCSCC2)C1)c1nccs1. The van der Waals surface area contributed by atoms with Crippen LogP contribution in [0.1, 0.15) is 50.1 Å². The Labute approximate surface area is 129 Å². The third-order valence-corrected chi connectivity index (χ3v) is 6.37. The lowest BCUT2D eigenvalue weighted by Gasteiger charge is -2.44. The molecule has 1 aromatic rings. The quantitative estimate of drug-likeness (QED) is 0.920. The average Bonchev–Trinajstić information content (AvgIpc) is 3.00. The van der Waals surface area contributed by atoms with Gasteiger partial charge in [0.2, 0.25) is 0 Å². The van der Waals surface area contributed by atoms with Crippen molar-refractivity contribution in [2.75, 3.05) is 18.1 Å². The Morgan fingerprint density at radius 3 is 3.05 bits per heavy atom. The zero-order chi connectivity index (χ0) is 13.8. The van der Waals surface area contributed by atoms with Gasteiger partial charge in [0.05, 0.1) is 11.6 Å². The summed E-state index contributed by atoms with van der Waals surface area (Å²) in [4.78, 5) is 4.48. The number of rotatable bonds is 4. The van der Waals surface area contributed by atoms with E-state index in [2.05, 4.69) is 34.4 Å². The van der Waals surface area contributed by atoms with Crippen LogP contribution in [0, 0.1) is 0 Å². The summed E-state index contributed by atoms with van der Waals surface area (Å²) in [5.41, 5.74) is 0.169. The van der Waals surface area contributed by atoms with Crippen LogP contribution in [-0.4, -0.2) is 34.7 Å². The second kappa shape index (κ2) is 6.77. The molecular formula is C15H24N2OS2. The lowest BCUT2D eigenvalue weighted by molar-refractivity contribution is -0.0943. The van der Waals surface area contributed by atoms with Gasteiger partial charge in [-0.3, -0.25) is 0 Å². The lowest BCUT2D eigenvalue weighted by atomic mass is 9.85. The van der Waals surface area contributed by atoms with E-state index in [0.717, 1.165) is 19.4 Å². The van der Waals surface area contributed by atoms with Gasteiger partial charge in [-0.05, 0) is 43.6 Å². The van der Waals surface area contributed by atoms with Crippen molar-refractivity contribution in [3.8, 4) is 0 Å². The zero-order valence-electron chi connectivity index (χ0n) is 12.1. The fraction of sp³-hybridized carbons (Fsp3) is 0.800. The fourth-order valence-corrected chi connectivity index (χ4v) is 5.34. The molecule has 2 atom stereocenters. The van der Waals surface area contributed by atoms with Gasteiger partial charge in [0.25, 0.3) is 0 Å². The van der Waals surface area contributed by atoms with Crippen molar-refractivity contribution in [3.63, 3.8) is 0 Å². The van der Waals surface area contributed by atoms with Gasteiger partial charge in [-0.25, -0.2) is 4.98 Å². The van der Waals surface area contributed by atoms with E-state index in [1.165, 1.54) is 35.8 Å². The third kappa shape index (κ3) is 3.38. The van der Waals surface area contributed by atoms with Crippen LogP contribution in [-0.2, 0) is 4.74 Å². The van der Waals surface area contributed by atoms with Gasteiger partial charge < -0.3 is 10.1 Å². The molecule has 2 fully saturated rings. The Kier molecular flexibility index (Phi) is 5.02. The topological polar surface area (TPSA) is 34.1 Å². The molecule has 0 radical (unpaired) electrons. The van der Waals surface area contributed by atoms with E-state index in [1.807, 2.05) is 6.20 Å². The molecule has 2 unspecified atom stereocenters. The summed E-state index contributed by atoms with van der Waals surface area (Å²) in [6.45, 7) is 3.15. The molecule has 2 aliphatic rings. The van der Waals surface area contributed by atoms with Crippen molar-refractivity contribution in [1.29, 1.82) is 0 Å². The average molecular weight is 313 g/mol. The highest BCUT2D eigenvalue weighted by molar-refractivity contribution is 7.99.